The number of alkyl halides is 3. The molecule has 0 bridgehead atoms. The van der Waals surface area contributed by atoms with E-state index in [-0.39, 0.29) is 0 Å². The molecule has 0 aliphatic rings. The number of halogens is 4. The summed E-state index contributed by atoms with van der Waals surface area (Å²) in [6.45, 7) is 6.06. The Morgan fingerprint density at radius 2 is 1.87 bits per heavy atom. The molecular formula is C15H20BrF3N2O2. The fourth-order valence-corrected chi connectivity index (χ4v) is 2.04. The summed E-state index contributed by atoms with van der Waals surface area (Å²) in [4.78, 5) is 11.4. The average Bonchev–Trinajstić information content (AvgIpc) is 2.36. The number of anilines is 1. The van der Waals surface area contributed by atoms with Gasteiger partial charge in [0.05, 0.1) is 5.56 Å². The molecule has 0 radical (unpaired) electrons. The fourth-order valence-electron chi connectivity index (χ4n) is 1.65. The van der Waals surface area contributed by atoms with Crippen molar-refractivity contribution in [2.75, 3.05) is 18.4 Å². The molecule has 130 valence electrons. The molecule has 1 aromatic rings. The summed E-state index contributed by atoms with van der Waals surface area (Å²) in [5, 5.41) is 5.49. The van der Waals surface area contributed by atoms with E-state index in [1.165, 1.54) is 6.07 Å². The van der Waals surface area contributed by atoms with Gasteiger partial charge in [0.15, 0.2) is 0 Å². The Balaban J connectivity index is 2.40. The lowest BCUT2D eigenvalue weighted by atomic mass is 10.2. The highest BCUT2D eigenvalue weighted by Gasteiger charge is 2.30. The Hall–Kier alpha value is -1.44. The molecule has 23 heavy (non-hydrogen) atoms. The van der Waals surface area contributed by atoms with Crippen molar-refractivity contribution in [3.05, 3.63) is 28.2 Å². The summed E-state index contributed by atoms with van der Waals surface area (Å²) < 4.78 is 43.6. The second-order valence-electron chi connectivity index (χ2n) is 5.90. The molecule has 0 saturated carbocycles. The number of hydrogen-bond donors (Lipinski definition) is 2. The molecule has 1 rings (SSSR count). The lowest BCUT2D eigenvalue weighted by Crippen LogP contribution is -2.33. The first kappa shape index (κ1) is 19.6. The van der Waals surface area contributed by atoms with Crippen molar-refractivity contribution in [2.45, 2.75) is 39.0 Å². The van der Waals surface area contributed by atoms with Crippen molar-refractivity contribution < 1.29 is 22.7 Å². The van der Waals surface area contributed by atoms with Gasteiger partial charge in [-0.15, -0.1) is 0 Å². The van der Waals surface area contributed by atoms with Crippen LogP contribution in [0, 0.1) is 0 Å². The molecule has 0 heterocycles. The van der Waals surface area contributed by atoms with Crippen molar-refractivity contribution in [1.82, 2.24) is 5.32 Å². The van der Waals surface area contributed by atoms with Crippen molar-refractivity contribution >= 4 is 27.7 Å². The van der Waals surface area contributed by atoms with Gasteiger partial charge < -0.3 is 15.4 Å². The number of carbonyl (C=O) groups is 1. The van der Waals surface area contributed by atoms with Gasteiger partial charge in [0.1, 0.15) is 5.60 Å². The van der Waals surface area contributed by atoms with Gasteiger partial charge in [-0.25, -0.2) is 4.79 Å². The zero-order valence-corrected chi connectivity index (χ0v) is 14.8. The average molecular weight is 397 g/mol. The van der Waals surface area contributed by atoms with E-state index >= 15 is 0 Å². The van der Waals surface area contributed by atoms with E-state index in [1.807, 2.05) is 0 Å². The van der Waals surface area contributed by atoms with E-state index in [4.69, 9.17) is 4.74 Å². The van der Waals surface area contributed by atoms with E-state index in [1.54, 1.807) is 20.8 Å². The Labute approximate surface area is 141 Å². The van der Waals surface area contributed by atoms with Gasteiger partial charge in [0, 0.05) is 23.2 Å². The number of rotatable bonds is 5. The third-order valence-electron chi connectivity index (χ3n) is 2.63. The van der Waals surface area contributed by atoms with Crippen LogP contribution in [0.3, 0.4) is 0 Å². The molecule has 0 spiro atoms. The maximum absolute atomic E-state index is 12.7. The maximum Gasteiger partial charge on any atom is 0.416 e. The number of carbonyl (C=O) groups excluding carboxylic acids is 1. The van der Waals surface area contributed by atoms with Crippen LogP contribution in [0.2, 0.25) is 0 Å². The molecule has 0 saturated heterocycles. The highest BCUT2D eigenvalue weighted by atomic mass is 79.9. The predicted octanol–water partition coefficient (Wildman–Crippen LogP) is 4.79. The Morgan fingerprint density at radius 1 is 1.22 bits per heavy atom. The highest BCUT2D eigenvalue weighted by molar-refractivity contribution is 9.10. The molecule has 0 aromatic heterocycles. The van der Waals surface area contributed by atoms with Gasteiger partial charge in [0.2, 0.25) is 0 Å². The zero-order valence-electron chi connectivity index (χ0n) is 13.2. The Morgan fingerprint density at radius 3 is 2.43 bits per heavy atom. The van der Waals surface area contributed by atoms with Crippen LogP contribution in [-0.2, 0) is 10.9 Å². The summed E-state index contributed by atoms with van der Waals surface area (Å²) in [6, 6.07) is 3.41. The van der Waals surface area contributed by atoms with Crippen LogP contribution in [0.15, 0.2) is 22.7 Å². The number of benzene rings is 1. The summed E-state index contributed by atoms with van der Waals surface area (Å²) in [7, 11) is 0. The van der Waals surface area contributed by atoms with Gasteiger partial charge in [-0.2, -0.15) is 13.2 Å². The van der Waals surface area contributed by atoms with Gasteiger partial charge in [0.25, 0.3) is 0 Å². The van der Waals surface area contributed by atoms with E-state index < -0.39 is 23.4 Å². The molecule has 0 unspecified atom stereocenters. The van der Waals surface area contributed by atoms with Crippen molar-refractivity contribution in [3.63, 3.8) is 0 Å². The normalized spacial score (nSPS) is 12.0. The standard InChI is InChI=1S/C15H20BrF3N2O2/c1-14(2,3)23-13(22)21-8-4-7-20-12-9-10(15(17,18)19)5-6-11(12)16/h5-6,9,20H,4,7-8H2,1-3H3,(H,21,22). The van der Waals surface area contributed by atoms with Crippen LogP contribution >= 0.6 is 15.9 Å². The fraction of sp³-hybridized carbons (Fsp3) is 0.533. The monoisotopic (exact) mass is 396 g/mol. The molecule has 4 nitrogen and oxygen atoms in total. The smallest absolute Gasteiger partial charge is 0.416 e. The first-order valence-corrected chi connectivity index (χ1v) is 7.86. The second-order valence-corrected chi connectivity index (χ2v) is 6.76. The van der Waals surface area contributed by atoms with Crippen molar-refractivity contribution in [2.24, 2.45) is 0 Å². The Kier molecular flexibility index (Phi) is 6.73. The summed E-state index contributed by atoms with van der Waals surface area (Å²) >= 11 is 3.20. The van der Waals surface area contributed by atoms with E-state index in [2.05, 4.69) is 26.6 Å². The summed E-state index contributed by atoms with van der Waals surface area (Å²) in [6.07, 6.45) is -4.35. The topological polar surface area (TPSA) is 50.4 Å². The van der Waals surface area contributed by atoms with Gasteiger partial charge in [-0.1, -0.05) is 0 Å². The van der Waals surface area contributed by atoms with Gasteiger partial charge in [-0.3, -0.25) is 0 Å². The number of nitrogens with one attached hydrogen (secondary N) is 2. The second kappa shape index (κ2) is 7.90. The molecule has 0 aliphatic heterocycles. The maximum atomic E-state index is 12.7. The predicted molar refractivity (Wildman–Crippen MR) is 86.5 cm³/mol. The van der Waals surface area contributed by atoms with Crippen LogP contribution < -0.4 is 10.6 Å². The largest absolute Gasteiger partial charge is 0.444 e. The number of amides is 1. The molecule has 8 heteroatoms. The molecule has 0 aliphatic carbocycles. The molecular weight excluding hydrogens is 377 g/mol. The lowest BCUT2D eigenvalue weighted by molar-refractivity contribution is -0.137. The summed E-state index contributed by atoms with van der Waals surface area (Å²) in [5.41, 5.74) is -0.919. The minimum absolute atomic E-state index is 0.358. The van der Waals surface area contributed by atoms with Crippen LogP contribution in [0.4, 0.5) is 23.7 Å². The number of alkyl carbamates (subject to hydrolysis) is 1. The quantitative estimate of drug-likeness (QED) is 0.703. The number of hydrogen-bond acceptors (Lipinski definition) is 3. The molecule has 0 fully saturated rings. The van der Waals surface area contributed by atoms with Crippen LogP contribution in [0.5, 0.6) is 0 Å². The third-order valence-corrected chi connectivity index (χ3v) is 3.32. The summed E-state index contributed by atoms with van der Waals surface area (Å²) in [5.74, 6) is 0. The molecule has 1 amide bonds. The third kappa shape index (κ3) is 7.58. The first-order valence-electron chi connectivity index (χ1n) is 7.06. The van der Waals surface area contributed by atoms with Crippen LogP contribution in [0.1, 0.15) is 32.8 Å². The molecule has 2 N–H and O–H groups in total. The molecule has 1 aromatic carbocycles. The minimum atomic E-state index is -4.38. The van der Waals surface area contributed by atoms with E-state index in [9.17, 15) is 18.0 Å². The first-order chi connectivity index (χ1) is 10.5. The van der Waals surface area contributed by atoms with Crippen LogP contribution in [0.25, 0.3) is 0 Å². The highest BCUT2D eigenvalue weighted by Crippen LogP contribution is 2.33. The van der Waals surface area contributed by atoms with Crippen LogP contribution in [-0.4, -0.2) is 24.8 Å². The van der Waals surface area contributed by atoms with Gasteiger partial charge >= 0.3 is 12.3 Å². The van der Waals surface area contributed by atoms with E-state index in [0.29, 0.717) is 29.7 Å². The minimum Gasteiger partial charge on any atom is -0.444 e. The number of ether oxygens (including phenoxy) is 1. The zero-order chi connectivity index (χ0) is 17.7. The SMILES string of the molecule is CC(C)(C)OC(=O)NCCCNc1cc(C(F)(F)F)ccc1Br. The molecule has 0 atom stereocenters. The van der Waals surface area contributed by atoms with E-state index in [0.717, 1.165) is 12.1 Å². The van der Waals surface area contributed by atoms with Crippen molar-refractivity contribution in [3.8, 4) is 0 Å². The van der Waals surface area contributed by atoms with Gasteiger partial charge in [-0.05, 0) is 61.3 Å². The Bertz CT molecular complexity index is 543. The lowest BCUT2D eigenvalue weighted by Gasteiger charge is -2.19. The van der Waals surface area contributed by atoms with Crippen molar-refractivity contribution in [1.29, 1.82) is 0 Å².